The van der Waals surface area contributed by atoms with Gasteiger partial charge in [0.1, 0.15) is 0 Å². The Balaban J connectivity index is 2.72. The molecule has 0 aliphatic rings. The smallest absolute Gasteiger partial charge is 0.217 e. The fourth-order valence-electron chi connectivity index (χ4n) is 1.28. The summed E-state index contributed by atoms with van der Waals surface area (Å²) < 4.78 is 0. The van der Waals surface area contributed by atoms with E-state index in [1.54, 1.807) is 12.4 Å². The van der Waals surface area contributed by atoms with Crippen molar-refractivity contribution in [2.75, 3.05) is 6.61 Å². The van der Waals surface area contributed by atoms with Crippen molar-refractivity contribution >= 4 is 5.91 Å². The number of carbonyl (C=O) groups is 1. The van der Waals surface area contributed by atoms with E-state index in [0.717, 1.165) is 5.56 Å². The van der Waals surface area contributed by atoms with Crippen LogP contribution in [0.5, 0.6) is 0 Å². The third-order valence-electron chi connectivity index (χ3n) is 1.88. The summed E-state index contributed by atoms with van der Waals surface area (Å²) in [6, 6.07) is 3.54. The minimum atomic E-state index is -0.147. The van der Waals surface area contributed by atoms with E-state index < -0.39 is 0 Å². The molecule has 0 aliphatic carbocycles. The van der Waals surface area contributed by atoms with Crippen LogP contribution in [-0.4, -0.2) is 22.6 Å². The lowest BCUT2D eigenvalue weighted by Crippen LogP contribution is -2.26. The summed E-state index contributed by atoms with van der Waals surface area (Å²) in [6.45, 7) is 1.50. The molecule has 1 aromatic rings. The standard InChI is InChI=1S/C10H14N2O2/c1-8(14)12-10(4-6-13)9-3-2-5-11-7-9/h2-3,5,7,10,13H,4,6H2,1H3,(H,12,14)/t10-/m0/s1. The van der Waals surface area contributed by atoms with Gasteiger partial charge in [-0.05, 0) is 18.1 Å². The summed E-state index contributed by atoms with van der Waals surface area (Å²) in [4.78, 5) is 14.9. The molecule has 1 amide bonds. The molecular weight excluding hydrogens is 180 g/mol. The average Bonchev–Trinajstić information content (AvgIpc) is 2.18. The molecule has 0 spiro atoms. The van der Waals surface area contributed by atoms with E-state index in [9.17, 15) is 4.79 Å². The molecule has 76 valence electrons. The van der Waals surface area contributed by atoms with Crippen LogP contribution in [0.1, 0.15) is 24.9 Å². The number of amides is 1. The molecule has 0 radical (unpaired) electrons. The van der Waals surface area contributed by atoms with E-state index in [4.69, 9.17) is 5.11 Å². The first-order chi connectivity index (χ1) is 6.74. The van der Waals surface area contributed by atoms with Crippen LogP contribution in [0.25, 0.3) is 0 Å². The zero-order chi connectivity index (χ0) is 10.4. The van der Waals surface area contributed by atoms with Crippen LogP contribution in [0.3, 0.4) is 0 Å². The lowest BCUT2D eigenvalue weighted by Gasteiger charge is -2.16. The number of nitrogens with zero attached hydrogens (tertiary/aromatic N) is 1. The summed E-state index contributed by atoms with van der Waals surface area (Å²) in [5.41, 5.74) is 0.914. The Morgan fingerprint density at radius 3 is 3.00 bits per heavy atom. The Morgan fingerprint density at radius 2 is 2.50 bits per heavy atom. The van der Waals surface area contributed by atoms with E-state index in [0.29, 0.717) is 6.42 Å². The van der Waals surface area contributed by atoms with Crippen LogP contribution in [0.2, 0.25) is 0 Å². The molecular formula is C10H14N2O2. The van der Waals surface area contributed by atoms with Crippen molar-refractivity contribution in [2.24, 2.45) is 0 Å². The van der Waals surface area contributed by atoms with Crippen molar-refractivity contribution in [2.45, 2.75) is 19.4 Å². The van der Waals surface area contributed by atoms with Crippen molar-refractivity contribution in [3.05, 3.63) is 30.1 Å². The quantitative estimate of drug-likeness (QED) is 0.739. The third-order valence-corrected chi connectivity index (χ3v) is 1.88. The van der Waals surface area contributed by atoms with E-state index >= 15 is 0 Å². The predicted molar refractivity (Wildman–Crippen MR) is 52.5 cm³/mol. The van der Waals surface area contributed by atoms with Crippen molar-refractivity contribution < 1.29 is 9.90 Å². The second kappa shape index (κ2) is 5.34. The number of carbonyl (C=O) groups excluding carboxylic acids is 1. The molecule has 1 atom stereocenters. The Morgan fingerprint density at radius 1 is 1.71 bits per heavy atom. The molecule has 1 heterocycles. The molecule has 0 aliphatic heterocycles. The fraction of sp³-hybridized carbons (Fsp3) is 0.400. The van der Waals surface area contributed by atoms with Crippen molar-refractivity contribution in [3.63, 3.8) is 0 Å². The lowest BCUT2D eigenvalue weighted by molar-refractivity contribution is -0.119. The molecule has 4 nitrogen and oxygen atoms in total. The molecule has 4 heteroatoms. The largest absolute Gasteiger partial charge is 0.396 e. The highest BCUT2D eigenvalue weighted by atomic mass is 16.3. The maximum Gasteiger partial charge on any atom is 0.217 e. The molecule has 1 rings (SSSR count). The highest BCUT2D eigenvalue weighted by molar-refractivity contribution is 5.73. The Bertz CT molecular complexity index is 287. The highest BCUT2D eigenvalue weighted by Crippen LogP contribution is 2.14. The van der Waals surface area contributed by atoms with Gasteiger partial charge in [-0.1, -0.05) is 6.07 Å². The monoisotopic (exact) mass is 194 g/mol. The number of rotatable bonds is 4. The number of pyridine rings is 1. The number of aliphatic hydroxyl groups is 1. The van der Waals surface area contributed by atoms with E-state index in [1.165, 1.54) is 6.92 Å². The van der Waals surface area contributed by atoms with Crippen LogP contribution in [0.15, 0.2) is 24.5 Å². The fourth-order valence-corrected chi connectivity index (χ4v) is 1.28. The molecule has 0 fully saturated rings. The maximum atomic E-state index is 10.9. The van der Waals surface area contributed by atoms with Crippen LogP contribution in [0.4, 0.5) is 0 Å². The van der Waals surface area contributed by atoms with E-state index in [1.807, 2.05) is 12.1 Å². The van der Waals surface area contributed by atoms with Crippen molar-refractivity contribution in [1.82, 2.24) is 10.3 Å². The number of hydrogen-bond donors (Lipinski definition) is 2. The Labute approximate surface area is 83.0 Å². The molecule has 1 aromatic heterocycles. The van der Waals surface area contributed by atoms with Gasteiger partial charge < -0.3 is 10.4 Å². The van der Waals surface area contributed by atoms with Gasteiger partial charge in [0.25, 0.3) is 0 Å². The lowest BCUT2D eigenvalue weighted by atomic mass is 10.1. The first-order valence-corrected chi connectivity index (χ1v) is 4.52. The van der Waals surface area contributed by atoms with Gasteiger partial charge in [0.05, 0.1) is 6.04 Å². The molecule has 2 N–H and O–H groups in total. The highest BCUT2D eigenvalue weighted by Gasteiger charge is 2.11. The molecule has 14 heavy (non-hydrogen) atoms. The van der Waals surface area contributed by atoms with Crippen molar-refractivity contribution in [3.8, 4) is 0 Å². The molecule has 0 saturated carbocycles. The minimum Gasteiger partial charge on any atom is -0.396 e. The zero-order valence-corrected chi connectivity index (χ0v) is 8.10. The van der Waals surface area contributed by atoms with Gasteiger partial charge >= 0.3 is 0 Å². The second-order valence-corrected chi connectivity index (χ2v) is 3.05. The third kappa shape index (κ3) is 3.14. The van der Waals surface area contributed by atoms with Gasteiger partial charge in [0.15, 0.2) is 0 Å². The summed E-state index contributed by atoms with van der Waals surface area (Å²) in [5, 5.41) is 11.6. The zero-order valence-electron chi connectivity index (χ0n) is 8.10. The summed E-state index contributed by atoms with van der Waals surface area (Å²) >= 11 is 0. The van der Waals surface area contributed by atoms with E-state index in [-0.39, 0.29) is 18.6 Å². The Kier molecular flexibility index (Phi) is 4.07. The van der Waals surface area contributed by atoms with Gasteiger partial charge in [-0.15, -0.1) is 0 Å². The van der Waals surface area contributed by atoms with Crippen LogP contribution < -0.4 is 5.32 Å². The maximum absolute atomic E-state index is 10.9. The van der Waals surface area contributed by atoms with Gasteiger partial charge in [-0.3, -0.25) is 9.78 Å². The normalized spacial score (nSPS) is 12.1. The van der Waals surface area contributed by atoms with Gasteiger partial charge in [0.2, 0.25) is 5.91 Å². The second-order valence-electron chi connectivity index (χ2n) is 3.05. The summed E-state index contributed by atoms with van der Waals surface area (Å²) in [5.74, 6) is -0.104. The number of nitrogens with one attached hydrogen (secondary N) is 1. The molecule has 0 aromatic carbocycles. The van der Waals surface area contributed by atoms with Crippen LogP contribution in [0, 0.1) is 0 Å². The van der Waals surface area contributed by atoms with E-state index in [2.05, 4.69) is 10.3 Å². The van der Waals surface area contributed by atoms with Gasteiger partial charge in [-0.25, -0.2) is 0 Å². The molecule has 0 bridgehead atoms. The molecule has 0 unspecified atom stereocenters. The van der Waals surface area contributed by atoms with Crippen LogP contribution in [-0.2, 0) is 4.79 Å². The summed E-state index contributed by atoms with van der Waals surface area (Å²) in [7, 11) is 0. The minimum absolute atomic E-state index is 0.0415. The van der Waals surface area contributed by atoms with Gasteiger partial charge in [-0.2, -0.15) is 0 Å². The SMILES string of the molecule is CC(=O)N[C@@H](CCO)c1cccnc1. The number of hydrogen-bond acceptors (Lipinski definition) is 3. The van der Waals surface area contributed by atoms with Gasteiger partial charge in [0, 0.05) is 25.9 Å². The molecule has 0 saturated heterocycles. The van der Waals surface area contributed by atoms with Crippen LogP contribution >= 0.6 is 0 Å². The average molecular weight is 194 g/mol. The van der Waals surface area contributed by atoms with Crippen molar-refractivity contribution in [1.29, 1.82) is 0 Å². The number of aromatic nitrogens is 1. The first kappa shape index (κ1) is 10.7. The topological polar surface area (TPSA) is 62.2 Å². The number of aliphatic hydroxyl groups excluding tert-OH is 1. The predicted octanol–water partition coefficient (Wildman–Crippen LogP) is 0.641. The Hall–Kier alpha value is -1.42. The first-order valence-electron chi connectivity index (χ1n) is 4.52. The summed E-state index contributed by atoms with van der Waals surface area (Å²) in [6.07, 6.45) is 3.87.